The Balaban J connectivity index is 1.67. The summed E-state index contributed by atoms with van der Waals surface area (Å²) in [5.74, 6) is -1.55. The molecule has 0 fully saturated rings. The van der Waals surface area contributed by atoms with Gasteiger partial charge >= 0.3 is 0 Å². The van der Waals surface area contributed by atoms with Gasteiger partial charge in [-0.25, -0.2) is 32.2 Å². The van der Waals surface area contributed by atoms with Crippen molar-refractivity contribution < 1.29 is 21.9 Å². The summed E-state index contributed by atoms with van der Waals surface area (Å²) in [5.41, 5.74) is 1.26. The molecule has 38 heavy (non-hydrogen) atoms. The number of nitrogens with zero attached hydrogens (tertiary/aromatic N) is 4. The van der Waals surface area contributed by atoms with Crippen LogP contribution in [-0.2, 0) is 10.0 Å². The van der Waals surface area contributed by atoms with Crippen LogP contribution >= 0.6 is 0 Å². The first-order valence-corrected chi connectivity index (χ1v) is 13.6. The molecule has 2 heterocycles. The van der Waals surface area contributed by atoms with Gasteiger partial charge in [-0.2, -0.15) is 0 Å². The number of pyridine rings is 1. The fraction of sp³-hybridized carbons (Fsp3) is 0.269. The minimum atomic E-state index is -3.78. The van der Waals surface area contributed by atoms with Crippen LogP contribution in [0.15, 0.2) is 55.0 Å². The summed E-state index contributed by atoms with van der Waals surface area (Å²) in [6.07, 6.45) is 3.26. The second kappa shape index (κ2) is 11.7. The molecule has 0 amide bonds. The molecule has 0 saturated carbocycles. The highest BCUT2D eigenvalue weighted by Gasteiger charge is 2.19. The van der Waals surface area contributed by atoms with Gasteiger partial charge in [-0.1, -0.05) is 13.0 Å². The van der Waals surface area contributed by atoms with Gasteiger partial charge in [0.25, 0.3) is 0 Å². The molecule has 0 spiro atoms. The van der Waals surface area contributed by atoms with E-state index in [4.69, 9.17) is 4.74 Å². The lowest BCUT2D eigenvalue weighted by Crippen LogP contribution is -2.19. The first-order valence-electron chi connectivity index (χ1n) is 11.9. The minimum Gasteiger partial charge on any atom is -0.476 e. The highest BCUT2D eigenvalue weighted by Crippen LogP contribution is 2.33. The fourth-order valence-corrected chi connectivity index (χ4v) is 4.82. The Kier molecular flexibility index (Phi) is 8.32. The van der Waals surface area contributed by atoms with Crippen molar-refractivity contribution in [3.63, 3.8) is 0 Å². The average molecular weight is 543 g/mol. The Bertz CT molecular complexity index is 1550. The maximum Gasteiger partial charge on any atom is 0.232 e. The van der Waals surface area contributed by atoms with Crippen LogP contribution in [0.5, 0.6) is 5.88 Å². The molecular formula is C26H28F2N6O3S. The Morgan fingerprint density at radius 2 is 1.79 bits per heavy atom. The van der Waals surface area contributed by atoms with E-state index in [1.54, 1.807) is 31.3 Å². The molecule has 0 radical (unpaired) electrons. The molecule has 4 rings (SSSR count). The van der Waals surface area contributed by atoms with E-state index in [0.29, 0.717) is 29.8 Å². The zero-order valence-corrected chi connectivity index (χ0v) is 22.0. The number of nitrogens with one attached hydrogen (secondary N) is 2. The summed E-state index contributed by atoms with van der Waals surface area (Å²) in [6, 6.07) is 11.1. The lowest BCUT2D eigenvalue weighted by molar-refractivity contribution is 0.254. The highest BCUT2D eigenvalue weighted by molar-refractivity contribution is 7.92. The standard InChI is InChI=1S/C26H28F2N6O3S/c1-4-13-38(35,36)33-22-8-6-20(27)25(24(22)28)32-26-19-14-17(5-7-21(19)30-16-31-26)18-9-10-29-23(15-18)37-12-11-34(2)3/h5-10,14-16,33H,4,11-13H2,1-3H3,(H,30,31,32). The molecule has 9 nitrogen and oxygen atoms in total. The van der Waals surface area contributed by atoms with Gasteiger partial charge in [-0.3, -0.25) is 4.72 Å². The van der Waals surface area contributed by atoms with Crippen molar-refractivity contribution in [2.45, 2.75) is 13.3 Å². The molecule has 0 unspecified atom stereocenters. The first-order chi connectivity index (χ1) is 18.2. The Hall–Kier alpha value is -3.90. The van der Waals surface area contributed by atoms with Crippen LogP contribution < -0.4 is 14.8 Å². The van der Waals surface area contributed by atoms with Crippen LogP contribution in [0.3, 0.4) is 0 Å². The van der Waals surface area contributed by atoms with Crippen molar-refractivity contribution >= 4 is 38.1 Å². The van der Waals surface area contributed by atoms with Gasteiger partial charge in [0.2, 0.25) is 15.9 Å². The zero-order valence-electron chi connectivity index (χ0n) is 21.2. The Morgan fingerprint density at radius 3 is 2.55 bits per heavy atom. The number of fused-ring (bicyclic) bond motifs is 1. The monoisotopic (exact) mass is 542 g/mol. The van der Waals surface area contributed by atoms with Crippen molar-refractivity contribution in [3.05, 3.63) is 66.6 Å². The largest absolute Gasteiger partial charge is 0.476 e. The predicted molar refractivity (Wildman–Crippen MR) is 144 cm³/mol. The molecule has 4 aromatic rings. The van der Waals surface area contributed by atoms with Crippen LogP contribution in [0, 0.1) is 11.6 Å². The van der Waals surface area contributed by atoms with E-state index in [2.05, 4.69) is 25.0 Å². The van der Waals surface area contributed by atoms with E-state index >= 15 is 4.39 Å². The van der Waals surface area contributed by atoms with Gasteiger partial charge < -0.3 is 15.0 Å². The summed E-state index contributed by atoms with van der Waals surface area (Å²) in [7, 11) is 0.128. The number of anilines is 3. The Morgan fingerprint density at radius 1 is 1.00 bits per heavy atom. The number of sulfonamides is 1. The third-order valence-corrected chi connectivity index (χ3v) is 7.04. The number of hydrogen-bond acceptors (Lipinski definition) is 8. The van der Waals surface area contributed by atoms with E-state index in [9.17, 15) is 12.8 Å². The molecule has 0 bridgehead atoms. The molecule has 2 aromatic carbocycles. The number of hydrogen-bond donors (Lipinski definition) is 2. The molecule has 0 atom stereocenters. The molecule has 12 heteroatoms. The third-order valence-electron chi connectivity index (χ3n) is 5.56. The van der Waals surface area contributed by atoms with Crippen LogP contribution in [0.2, 0.25) is 0 Å². The van der Waals surface area contributed by atoms with Gasteiger partial charge in [0.05, 0.1) is 17.0 Å². The maximum absolute atomic E-state index is 15.2. The van der Waals surface area contributed by atoms with E-state index in [1.807, 2.05) is 31.1 Å². The lowest BCUT2D eigenvalue weighted by Gasteiger charge is -2.14. The summed E-state index contributed by atoms with van der Waals surface area (Å²) in [6.45, 7) is 2.91. The number of benzene rings is 2. The molecule has 2 aromatic heterocycles. The van der Waals surface area contributed by atoms with E-state index in [1.165, 1.54) is 6.33 Å². The highest BCUT2D eigenvalue weighted by atomic mass is 32.2. The first kappa shape index (κ1) is 27.1. The minimum absolute atomic E-state index is 0.153. The number of rotatable bonds is 11. The maximum atomic E-state index is 15.2. The van der Waals surface area contributed by atoms with Crippen LogP contribution in [0.4, 0.5) is 26.0 Å². The van der Waals surface area contributed by atoms with Crippen molar-refractivity contribution in [2.75, 3.05) is 43.0 Å². The average Bonchev–Trinajstić information content (AvgIpc) is 2.88. The Labute approximate surface area is 220 Å². The van der Waals surface area contributed by atoms with Gasteiger partial charge in [-0.15, -0.1) is 0 Å². The van der Waals surface area contributed by atoms with Gasteiger partial charge in [-0.05, 0) is 62.0 Å². The smallest absolute Gasteiger partial charge is 0.232 e. The zero-order chi connectivity index (χ0) is 27.3. The van der Waals surface area contributed by atoms with Crippen molar-refractivity contribution in [3.8, 4) is 17.0 Å². The third kappa shape index (κ3) is 6.50. The topological polar surface area (TPSA) is 109 Å². The quantitative estimate of drug-likeness (QED) is 0.278. The van der Waals surface area contributed by atoms with Crippen LogP contribution in [-0.4, -0.2) is 61.3 Å². The fourth-order valence-electron chi connectivity index (χ4n) is 3.69. The molecule has 200 valence electrons. The predicted octanol–water partition coefficient (Wildman–Crippen LogP) is 4.81. The van der Waals surface area contributed by atoms with Crippen molar-refractivity contribution in [1.29, 1.82) is 0 Å². The van der Waals surface area contributed by atoms with Crippen LogP contribution in [0.1, 0.15) is 13.3 Å². The van der Waals surface area contributed by atoms with E-state index in [-0.39, 0.29) is 17.3 Å². The molecule has 2 N–H and O–H groups in total. The van der Waals surface area contributed by atoms with Gasteiger partial charge in [0.15, 0.2) is 5.82 Å². The normalized spacial score (nSPS) is 11.6. The second-order valence-electron chi connectivity index (χ2n) is 8.82. The van der Waals surface area contributed by atoms with Crippen molar-refractivity contribution in [2.24, 2.45) is 0 Å². The van der Waals surface area contributed by atoms with E-state index in [0.717, 1.165) is 29.8 Å². The van der Waals surface area contributed by atoms with E-state index < -0.39 is 27.3 Å². The molecule has 0 aliphatic carbocycles. The summed E-state index contributed by atoms with van der Waals surface area (Å²) >= 11 is 0. The second-order valence-corrected chi connectivity index (χ2v) is 10.7. The number of likely N-dealkylation sites (N-methyl/N-ethyl adjacent to an activating group) is 1. The summed E-state index contributed by atoms with van der Waals surface area (Å²) in [5, 5.41) is 3.20. The summed E-state index contributed by atoms with van der Waals surface area (Å²) < 4.78 is 62.1. The van der Waals surface area contributed by atoms with Gasteiger partial charge in [0.1, 0.15) is 30.3 Å². The number of aromatic nitrogens is 3. The van der Waals surface area contributed by atoms with Crippen molar-refractivity contribution in [1.82, 2.24) is 19.9 Å². The molecule has 0 aliphatic rings. The van der Waals surface area contributed by atoms with Gasteiger partial charge in [0, 0.05) is 24.2 Å². The molecular weight excluding hydrogens is 514 g/mol. The molecule has 0 aliphatic heterocycles. The number of halogens is 2. The summed E-state index contributed by atoms with van der Waals surface area (Å²) in [4.78, 5) is 14.7. The molecule has 0 saturated heterocycles. The SMILES string of the molecule is CCCS(=O)(=O)Nc1ccc(F)c(Nc2ncnc3ccc(-c4ccnc(OCCN(C)C)c4)cc23)c1F. The lowest BCUT2D eigenvalue weighted by atomic mass is 10.0. The van der Waals surface area contributed by atoms with Crippen LogP contribution in [0.25, 0.3) is 22.0 Å². The number of ether oxygens (including phenoxy) is 1.